The maximum Gasteiger partial charge on any atom is 0.416 e. The van der Waals surface area contributed by atoms with E-state index in [9.17, 15) is 21.6 Å². The van der Waals surface area contributed by atoms with E-state index in [-0.39, 0.29) is 11.6 Å². The fourth-order valence-electron chi connectivity index (χ4n) is 2.55. The summed E-state index contributed by atoms with van der Waals surface area (Å²) in [4.78, 5) is -0.536. The van der Waals surface area contributed by atoms with Crippen LogP contribution in [-0.4, -0.2) is 15.0 Å². The van der Waals surface area contributed by atoms with Gasteiger partial charge in [-0.2, -0.15) is 13.2 Å². The van der Waals surface area contributed by atoms with E-state index >= 15 is 0 Å². The van der Waals surface area contributed by atoms with Crippen LogP contribution in [0.2, 0.25) is 5.02 Å². The van der Waals surface area contributed by atoms with Crippen molar-refractivity contribution in [3.63, 3.8) is 0 Å². The summed E-state index contributed by atoms with van der Waals surface area (Å²) in [5.74, 6) is 0. The minimum atomic E-state index is -4.64. The Labute approximate surface area is 136 Å². The van der Waals surface area contributed by atoms with Gasteiger partial charge in [-0.1, -0.05) is 29.8 Å². The molecule has 0 amide bonds. The molecule has 0 saturated heterocycles. The minimum Gasteiger partial charge on any atom is -0.266 e. The van der Waals surface area contributed by atoms with Crippen molar-refractivity contribution >= 4 is 27.3 Å². The van der Waals surface area contributed by atoms with Gasteiger partial charge in [0.15, 0.2) is 0 Å². The zero-order valence-electron chi connectivity index (χ0n) is 11.6. The Bertz CT molecular complexity index is 865. The SMILES string of the molecule is O=S(=O)(c1cc(C(F)(F)F)ccc1Cl)N1CCc2ccccc21. The second-order valence-corrected chi connectivity index (χ2v) is 7.34. The van der Waals surface area contributed by atoms with Crippen LogP contribution in [-0.2, 0) is 22.6 Å². The summed E-state index contributed by atoms with van der Waals surface area (Å²) in [7, 11) is -4.16. The van der Waals surface area contributed by atoms with Crippen molar-refractivity contribution in [1.29, 1.82) is 0 Å². The van der Waals surface area contributed by atoms with Crippen LogP contribution >= 0.6 is 11.6 Å². The van der Waals surface area contributed by atoms with E-state index in [0.29, 0.717) is 18.2 Å². The fourth-order valence-corrected chi connectivity index (χ4v) is 4.56. The van der Waals surface area contributed by atoms with Crippen LogP contribution in [0.4, 0.5) is 18.9 Å². The highest BCUT2D eigenvalue weighted by Crippen LogP contribution is 2.37. The molecular weight excluding hydrogens is 351 g/mol. The second-order valence-electron chi connectivity index (χ2n) is 5.10. The quantitative estimate of drug-likeness (QED) is 0.807. The van der Waals surface area contributed by atoms with Crippen LogP contribution in [0.25, 0.3) is 0 Å². The van der Waals surface area contributed by atoms with E-state index in [1.807, 2.05) is 0 Å². The number of alkyl halides is 3. The molecular formula is C15H11ClF3NO2S. The lowest BCUT2D eigenvalue weighted by Crippen LogP contribution is -2.29. The van der Waals surface area contributed by atoms with Crippen molar-refractivity contribution < 1.29 is 21.6 Å². The second kappa shape index (κ2) is 5.42. The summed E-state index contributed by atoms with van der Waals surface area (Å²) in [5.41, 5.74) is 0.258. The number of anilines is 1. The Morgan fingerprint density at radius 3 is 2.48 bits per heavy atom. The molecule has 0 N–H and O–H groups in total. The molecule has 1 heterocycles. The van der Waals surface area contributed by atoms with Gasteiger partial charge in [0, 0.05) is 6.54 Å². The normalized spacial score (nSPS) is 14.9. The molecule has 0 spiro atoms. The lowest BCUT2D eigenvalue weighted by atomic mass is 10.2. The third-order valence-corrected chi connectivity index (χ3v) is 5.97. The highest BCUT2D eigenvalue weighted by Gasteiger charge is 2.36. The molecule has 0 aromatic heterocycles. The Balaban J connectivity index is 2.12. The van der Waals surface area contributed by atoms with Gasteiger partial charge in [0.05, 0.1) is 16.3 Å². The summed E-state index contributed by atoms with van der Waals surface area (Å²) < 4.78 is 65.2. The molecule has 3 nitrogen and oxygen atoms in total. The van der Waals surface area contributed by atoms with Crippen molar-refractivity contribution in [3.8, 4) is 0 Å². The highest BCUT2D eigenvalue weighted by molar-refractivity contribution is 7.93. The average molecular weight is 362 g/mol. The van der Waals surface area contributed by atoms with E-state index in [0.717, 1.165) is 22.0 Å². The summed E-state index contributed by atoms with van der Waals surface area (Å²) in [5, 5.41) is -0.234. The Morgan fingerprint density at radius 2 is 1.78 bits per heavy atom. The number of nitrogens with zero attached hydrogens (tertiary/aromatic N) is 1. The van der Waals surface area contributed by atoms with Gasteiger partial charge < -0.3 is 0 Å². The Kier molecular flexibility index (Phi) is 3.80. The predicted molar refractivity (Wildman–Crippen MR) is 81.1 cm³/mol. The fraction of sp³-hybridized carbons (Fsp3) is 0.200. The lowest BCUT2D eigenvalue weighted by Gasteiger charge is -2.21. The van der Waals surface area contributed by atoms with Crippen LogP contribution in [0, 0.1) is 0 Å². The molecule has 1 aliphatic heterocycles. The first-order valence-corrected chi connectivity index (χ1v) is 8.50. The monoisotopic (exact) mass is 361 g/mol. The molecule has 1 aliphatic rings. The number of hydrogen-bond donors (Lipinski definition) is 0. The third kappa shape index (κ3) is 2.79. The topological polar surface area (TPSA) is 37.4 Å². The van der Waals surface area contributed by atoms with Crippen molar-refractivity contribution in [2.24, 2.45) is 0 Å². The molecule has 0 unspecified atom stereocenters. The lowest BCUT2D eigenvalue weighted by molar-refractivity contribution is -0.137. The third-order valence-electron chi connectivity index (χ3n) is 3.67. The molecule has 0 aliphatic carbocycles. The van der Waals surface area contributed by atoms with E-state index in [4.69, 9.17) is 11.6 Å². The predicted octanol–water partition coefficient (Wildman–Crippen LogP) is 4.11. The van der Waals surface area contributed by atoms with E-state index in [2.05, 4.69) is 0 Å². The van der Waals surface area contributed by atoms with Gasteiger partial charge >= 0.3 is 6.18 Å². The summed E-state index contributed by atoms with van der Waals surface area (Å²) in [6.45, 7) is 0.175. The largest absolute Gasteiger partial charge is 0.416 e. The van der Waals surface area contributed by atoms with Crippen molar-refractivity contribution in [3.05, 3.63) is 58.6 Å². The molecule has 2 aromatic rings. The first-order valence-electron chi connectivity index (χ1n) is 6.68. The summed E-state index contributed by atoms with van der Waals surface area (Å²) >= 11 is 5.86. The Morgan fingerprint density at radius 1 is 1.09 bits per heavy atom. The zero-order valence-corrected chi connectivity index (χ0v) is 13.2. The molecule has 23 heavy (non-hydrogen) atoms. The number of sulfonamides is 1. The molecule has 2 aromatic carbocycles. The standard InChI is InChI=1S/C15H11ClF3NO2S/c16-12-6-5-11(15(17,18)19)9-14(12)23(21,22)20-8-7-10-3-1-2-4-13(10)20/h1-6,9H,7-8H2. The van der Waals surface area contributed by atoms with Gasteiger partial charge in [-0.3, -0.25) is 4.31 Å². The first-order chi connectivity index (χ1) is 10.7. The van der Waals surface area contributed by atoms with Gasteiger partial charge in [-0.25, -0.2) is 8.42 Å². The molecule has 0 fully saturated rings. The number of rotatable bonds is 2. The highest BCUT2D eigenvalue weighted by atomic mass is 35.5. The number of halogens is 4. The van der Waals surface area contributed by atoms with E-state index < -0.39 is 26.7 Å². The van der Waals surface area contributed by atoms with Gasteiger partial charge in [-0.15, -0.1) is 0 Å². The number of fused-ring (bicyclic) bond motifs is 1. The molecule has 0 radical (unpaired) electrons. The van der Waals surface area contributed by atoms with E-state index in [1.54, 1.807) is 24.3 Å². The number of hydrogen-bond acceptors (Lipinski definition) is 2. The molecule has 0 atom stereocenters. The van der Waals surface area contributed by atoms with Crippen LogP contribution in [0.3, 0.4) is 0 Å². The van der Waals surface area contributed by atoms with Gasteiger partial charge in [-0.05, 0) is 36.2 Å². The Hall–Kier alpha value is -1.73. The van der Waals surface area contributed by atoms with Crippen LogP contribution in [0.5, 0.6) is 0 Å². The minimum absolute atomic E-state index is 0.175. The zero-order chi connectivity index (χ0) is 16.8. The molecule has 0 bridgehead atoms. The first kappa shape index (κ1) is 16.1. The summed E-state index contributed by atoms with van der Waals surface area (Å²) in [6.07, 6.45) is -4.14. The molecule has 8 heteroatoms. The van der Waals surface area contributed by atoms with Gasteiger partial charge in [0.2, 0.25) is 0 Å². The van der Waals surface area contributed by atoms with Crippen LogP contribution in [0.15, 0.2) is 47.4 Å². The number of para-hydroxylation sites is 1. The molecule has 122 valence electrons. The molecule has 3 rings (SSSR count). The summed E-state index contributed by atoms with van der Waals surface area (Å²) in [6, 6.07) is 9.18. The van der Waals surface area contributed by atoms with Crippen LogP contribution in [0.1, 0.15) is 11.1 Å². The maximum absolute atomic E-state index is 12.9. The van der Waals surface area contributed by atoms with Crippen molar-refractivity contribution in [2.45, 2.75) is 17.5 Å². The van der Waals surface area contributed by atoms with Crippen LogP contribution < -0.4 is 4.31 Å². The van der Waals surface area contributed by atoms with Gasteiger partial charge in [0.25, 0.3) is 10.0 Å². The van der Waals surface area contributed by atoms with E-state index in [1.165, 1.54) is 0 Å². The van der Waals surface area contributed by atoms with Crippen molar-refractivity contribution in [1.82, 2.24) is 0 Å². The number of benzene rings is 2. The smallest absolute Gasteiger partial charge is 0.266 e. The molecule has 0 saturated carbocycles. The average Bonchev–Trinajstić information content (AvgIpc) is 2.91. The van der Waals surface area contributed by atoms with Crippen molar-refractivity contribution in [2.75, 3.05) is 10.8 Å². The van der Waals surface area contributed by atoms with Gasteiger partial charge in [0.1, 0.15) is 4.90 Å². The maximum atomic E-state index is 12.9.